The van der Waals surface area contributed by atoms with Crippen LogP contribution in [-0.2, 0) is 0 Å². The van der Waals surface area contributed by atoms with Gasteiger partial charge in [0.25, 0.3) is 0 Å². The van der Waals surface area contributed by atoms with E-state index >= 15 is 0 Å². The zero-order chi connectivity index (χ0) is 7.49. The van der Waals surface area contributed by atoms with Gasteiger partial charge in [-0.25, -0.2) is 0 Å². The molecule has 0 bridgehead atoms. The number of alkyl halides is 1. The minimum Gasteiger partial charge on any atom is -0.251 e. The lowest BCUT2D eigenvalue weighted by molar-refractivity contribution is 0.185. The first-order valence-electron chi connectivity index (χ1n) is 3.58. The maximum absolute atomic E-state index is 12.2. The molecule has 1 atom stereocenters. The molecule has 0 spiro atoms. The van der Waals surface area contributed by atoms with Gasteiger partial charge in [0.2, 0.25) is 0 Å². The van der Waals surface area contributed by atoms with Crippen molar-refractivity contribution >= 4 is 0 Å². The maximum Gasteiger partial charge on any atom is 0.0927 e. The van der Waals surface area contributed by atoms with E-state index in [2.05, 4.69) is 20.8 Å². The van der Waals surface area contributed by atoms with Gasteiger partial charge >= 0.3 is 0 Å². The van der Waals surface area contributed by atoms with Crippen molar-refractivity contribution in [3.63, 3.8) is 0 Å². The Morgan fingerprint density at radius 1 is 1.33 bits per heavy atom. The second-order valence-electron chi connectivity index (χ2n) is 3.63. The molecule has 0 aliphatic rings. The van der Waals surface area contributed by atoms with Gasteiger partial charge in [0.1, 0.15) is 0 Å². The third-order valence-corrected chi connectivity index (χ3v) is 1.90. The highest BCUT2D eigenvalue weighted by atomic mass is 19.1. The first kappa shape index (κ1) is 8.93. The molecule has 0 amide bonds. The summed E-state index contributed by atoms with van der Waals surface area (Å²) in [7, 11) is 0. The molecule has 0 radical (unpaired) electrons. The summed E-state index contributed by atoms with van der Waals surface area (Å²) >= 11 is 0. The van der Waals surface area contributed by atoms with E-state index in [1.54, 1.807) is 0 Å². The second-order valence-corrected chi connectivity index (χ2v) is 3.63. The molecule has 0 fully saturated rings. The predicted molar refractivity (Wildman–Crippen MR) is 39.2 cm³/mol. The second kappa shape index (κ2) is 3.19. The first-order chi connectivity index (χ1) is 4.02. The Labute approximate surface area is 57.5 Å². The minimum atomic E-state index is -0.181. The fourth-order valence-corrected chi connectivity index (χ4v) is 0.953. The molecule has 0 heterocycles. The Kier molecular flexibility index (Phi) is 3.16. The maximum atomic E-state index is 12.2. The molecule has 0 saturated carbocycles. The SMILES string of the molecule is CCC(CF)C(C)(C)C. The van der Waals surface area contributed by atoms with E-state index in [-0.39, 0.29) is 18.0 Å². The fraction of sp³-hybridized carbons (Fsp3) is 1.00. The Bertz CT molecular complexity index is 67.1. The Morgan fingerprint density at radius 3 is 1.78 bits per heavy atom. The van der Waals surface area contributed by atoms with E-state index in [0.29, 0.717) is 0 Å². The van der Waals surface area contributed by atoms with Crippen molar-refractivity contribution in [2.75, 3.05) is 6.67 Å². The zero-order valence-electron chi connectivity index (χ0n) is 6.87. The van der Waals surface area contributed by atoms with Crippen LogP contribution >= 0.6 is 0 Å². The third-order valence-electron chi connectivity index (χ3n) is 1.90. The summed E-state index contributed by atoms with van der Waals surface area (Å²) in [5.41, 5.74) is 0.142. The topological polar surface area (TPSA) is 0 Å². The smallest absolute Gasteiger partial charge is 0.0927 e. The zero-order valence-corrected chi connectivity index (χ0v) is 6.87. The van der Waals surface area contributed by atoms with E-state index < -0.39 is 0 Å². The van der Waals surface area contributed by atoms with E-state index in [1.807, 2.05) is 6.92 Å². The molecule has 0 rings (SSSR count). The van der Waals surface area contributed by atoms with Crippen LogP contribution in [0.25, 0.3) is 0 Å². The average molecular weight is 132 g/mol. The molecule has 0 aliphatic heterocycles. The van der Waals surface area contributed by atoms with Gasteiger partial charge < -0.3 is 0 Å². The largest absolute Gasteiger partial charge is 0.251 e. The van der Waals surface area contributed by atoms with Gasteiger partial charge in [0, 0.05) is 0 Å². The summed E-state index contributed by atoms with van der Waals surface area (Å²) in [6.07, 6.45) is 0.944. The van der Waals surface area contributed by atoms with E-state index in [9.17, 15) is 4.39 Å². The molecule has 0 aromatic heterocycles. The normalized spacial score (nSPS) is 15.7. The first-order valence-corrected chi connectivity index (χ1v) is 3.58. The number of rotatable bonds is 2. The number of halogens is 1. The van der Waals surface area contributed by atoms with Crippen molar-refractivity contribution in [1.29, 1.82) is 0 Å². The lowest BCUT2D eigenvalue weighted by Gasteiger charge is -2.26. The van der Waals surface area contributed by atoms with Crippen molar-refractivity contribution in [2.45, 2.75) is 34.1 Å². The highest BCUT2D eigenvalue weighted by Crippen LogP contribution is 2.28. The lowest BCUT2D eigenvalue weighted by atomic mass is 9.80. The molecule has 0 saturated heterocycles. The quantitative estimate of drug-likeness (QED) is 0.541. The third kappa shape index (κ3) is 2.83. The molecule has 0 aliphatic carbocycles. The molecule has 0 aromatic rings. The summed E-state index contributed by atoms with van der Waals surface area (Å²) in [6.45, 7) is 8.11. The van der Waals surface area contributed by atoms with Crippen LogP contribution in [0.5, 0.6) is 0 Å². The minimum absolute atomic E-state index is 0.142. The van der Waals surface area contributed by atoms with E-state index in [1.165, 1.54) is 0 Å². The average Bonchev–Trinajstić information content (AvgIpc) is 1.65. The van der Waals surface area contributed by atoms with Crippen LogP contribution in [0.15, 0.2) is 0 Å². The summed E-state index contributed by atoms with van der Waals surface area (Å²) in [5, 5.41) is 0. The molecule has 56 valence electrons. The van der Waals surface area contributed by atoms with Crippen molar-refractivity contribution < 1.29 is 4.39 Å². The van der Waals surface area contributed by atoms with Crippen molar-refractivity contribution in [1.82, 2.24) is 0 Å². The van der Waals surface area contributed by atoms with Gasteiger partial charge in [-0.05, 0) is 11.3 Å². The van der Waals surface area contributed by atoms with E-state index in [4.69, 9.17) is 0 Å². The van der Waals surface area contributed by atoms with Crippen LogP contribution in [0.1, 0.15) is 34.1 Å². The molecular formula is C8H17F. The van der Waals surface area contributed by atoms with Gasteiger partial charge in [0.15, 0.2) is 0 Å². The fourth-order valence-electron chi connectivity index (χ4n) is 0.953. The van der Waals surface area contributed by atoms with Crippen LogP contribution in [0.3, 0.4) is 0 Å². The van der Waals surface area contributed by atoms with Gasteiger partial charge in [0.05, 0.1) is 6.67 Å². The molecule has 1 unspecified atom stereocenters. The van der Waals surface area contributed by atoms with Crippen molar-refractivity contribution in [3.8, 4) is 0 Å². The lowest BCUT2D eigenvalue weighted by Crippen LogP contribution is -2.21. The summed E-state index contributed by atoms with van der Waals surface area (Å²) < 4.78 is 12.2. The van der Waals surface area contributed by atoms with Gasteiger partial charge in [-0.2, -0.15) is 0 Å². The molecule has 0 nitrogen and oxygen atoms in total. The van der Waals surface area contributed by atoms with Crippen molar-refractivity contribution in [3.05, 3.63) is 0 Å². The van der Waals surface area contributed by atoms with Crippen LogP contribution in [0.2, 0.25) is 0 Å². The van der Waals surface area contributed by atoms with Gasteiger partial charge in [-0.15, -0.1) is 0 Å². The Hall–Kier alpha value is -0.0700. The molecular weight excluding hydrogens is 115 g/mol. The summed E-state index contributed by atoms with van der Waals surface area (Å²) in [6, 6.07) is 0. The predicted octanol–water partition coefficient (Wildman–Crippen LogP) is 3.03. The van der Waals surface area contributed by atoms with Crippen LogP contribution < -0.4 is 0 Å². The Morgan fingerprint density at radius 2 is 1.78 bits per heavy atom. The highest BCUT2D eigenvalue weighted by molar-refractivity contribution is 4.71. The van der Waals surface area contributed by atoms with E-state index in [0.717, 1.165) is 6.42 Å². The summed E-state index contributed by atoms with van der Waals surface area (Å²) in [5.74, 6) is 0.234. The van der Waals surface area contributed by atoms with Crippen LogP contribution in [-0.4, -0.2) is 6.67 Å². The van der Waals surface area contributed by atoms with Crippen LogP contribution in [0.4, 0.5) is 4.39 Å². The van der Waals surface area contributed by atoms with Crippen molar-refractivity contribution in [2.24, 2.45) is 11.3 Å². The Balaban J connectivity index is 3.79. The molecule has 0 aromatic carbocycles. The highest BCUT2D eigenvalue weighted by Gasteiger charge is 2.21. The monoisotopic (exact) mass is 132 g/mol. The van der Waals surface area contributed by atoms with Crippen LogP contribution in [0, 0.1) is 11.3 Å². The molecule has 1 heteroatoms. The van der Waals surface area contributed by atoms with Gasteiger partial charge in [-0.3, -0.25) is 4.39 Å². The number of hydrogen-bond acceptors (Lipinski definition) is 0. The number of hydrogen-bond donors (Lipinski definition) is 0. The standard InChI is InChI=1S/C8H17F/c1-5-7(6-9)8(2,3)4/h7H,5-6H2,1-4H3. The molecule has 9 heavy (non-hydrogen) atoms. The molecule has 0 N–H and O–H groups in total. The van der Waals surface area contributed by atoms with Gasteiger partial charge in [-0.1, -0.05) is 34.1 Å². The summed E-state index contributed by atoms with van der Waals surface area (Å²) in [4.78, 5) is 0.